The van der Waals surface area contributed by atoms with E-state index < -0.39 is 5.60 Å². The number of para-hydroxylation sites is 2. The average Bonchev–Trinajstić information content (AvgIpc) is 2.53. The van der Waals surface area contributed by atoms with E-state index >= 15 is 0 Å². The molecule has 2 aromatic carbocycles. The summed E-state index contributed by atoms with van der Waals surface area (Å²) >= 11 is 0. The van der Waals surface area contributed by atoms with Crippen LogP contribution in [-0.2, 0) is 4.79 Å². The summed E-state index contributed by atoms with van der Waals surface area (Å²) in [7, 11) is 0. The van der Waals surface area contributed by atoms with Crippen LogP contribution in [0, 0.1) is 13.8 Å². The second-order valence-electron chi connectivity index (χ2n) is 6.87. The highest BCUT2D eigenvalue weighted by molar-refractivity contribution is 5.96. The molecule has 1 heterocycles. The molecule has 0 unspecified atom stereocenters. The van der Waals surface area contributed by atoms with E-state index in [0.29, 0.717) is 6.54 Å². The Balaban J connectivity index is 1.78. The van der Waals surface area contributed by atoms with Gasteiger partial charge in [0, 0.05) is 0 Å². The van der Waals surface area contributed by atoms with E-state index in [-0.39, 0.29) is 12.5 Å². The van der Waals surface area contributed by atoms with E-state index in [1.165, 1.54) is 0 Å². The third-order valence-electron chi connectivity index (χ3n) is 4.08. The molecule has 0 saturated carbocycles. The minimum absolute atomic E-state index is 0.00864. The van der Waals surface area contributed by atoms with Gasteiger partial charge in [-0.05, 0) is 57.0 Å². The molecule has 4 heteroatoms. The van der Waals surface area contributed by atoms with Gasteiger partial charge in [0.15, 0.2) is 6.61 Å². The Kier molecular flexibility index (Phi) is 4.22. The molecule has 0 spiro atoms. The molecular weight excluding hydrogens is 302 g/mol. The van der Waals surface area contributed by atoms with Crippen molar-refractivity contribution in [1.82, 2.24) is 0 Å². The minimum Gasteiger partial charge on any atom is -0.484 e. The summed E-state index contributed by atoms with van der Waals surface area (Å²) in [6, 6.07) is 13.6. The molecule has 126 valence electrons. The highest BCUT2D eigenvalue weighted by Gasteiger charge is 2.34. The highest BCUT2D eigenvalue weighted by Crippen LogP contribution is 2.36. The molecule has 0 bridgehead atoms. The lowest BCUT2D eigenvalue weighted by Gasteiger charge is -2.39. The average molecular weight is 325 g/mol. The van der Waals surface area contributed by atoms with Gasteiger partial charge in [0.1, 0.15) is 17.1 Å². The van der Waals surface area contributed by atoms with E-state index in [4.69, 9.17) is 9.47 Å². The lowest BCUT2D eigenvalue weighted by atomic mass is 10.1. The van der Waals surface area contributed by atoms with E-state index in [0.717, 1.165) is 28.3 Å². The van der Waals surface area contributed by atoms with Crippen molar-refractivity contribution >= 4 is 11.6 Å². The maximum atomic E-state index is 12.8. The molecule has 0 aliphatic carbocycles. The number of carbonyl (C=O) groups excluding carboxylic acids is 1. The van der Waals surface area contributed by atoms with Crippen LogP contribution in [0.2, 0.25) is 0 Å². The van der Waals surface area contributed by atoms with Crippen molar-refractivity contribution in [1.29, 1.82) is 0 Å². The smallest absolute Gasteiger partial charge is 0.265 e. The standard InChI is InChI=1S/C20H23NO3/c1-14-9-10-15(2)18(11-14)23-12-19(22)21-13-20(3,4)24-17-8-6-5-7-16(17)21/h5-11H,12-13H2,1-4H3. The minimum atomic E-state index is -0.427. The summed E-state index contributed by atoms with van der Waals surface area (Å²) in [5.74, 6) is 1.41. The van der Waals surface area contributed by atoms with E-state index in [9.17, 15) is 4.79 Å². The van der Waals surface area contributed by atoms with Crippen LogP contribution in [0.3, 0.4) is 0 Å². The maximum absolute atomic E-state index is 12.8. The number of nitrogens with zero attached hydrogens (tertiary/aromatic N) is 1. The van der Waals surface area contributed by atoms with Crippen molar-refractivity contribution in [2.24, 2.45) is 0 Å². The van der Waals surface area contributed by atoms with Crippen LogP contribution in [0.5, 0.6) is 11.5 Å². The second kappa shape index (κ2) is 6.19. The summed E-state index contributed by atoms with van der Waals surface area (Å²) in [5.41, 5.74) is 2.51. The molecule has 4 nitrogen and oxygen atoms in total. The van der Waals surface area contributed by atoms with Gasteiger partial charge < -0.3 is 14.4 Å². The molecule has 1 amide bonds. The number of aryl methyl sites for hydroxylation is 2. The molecule has 0 radical (unpaired) electrons. The van der Waals surface area contributed by atoms with Crippen molar-refractivity contribution in [3.05, 3.63) is 53.6 Å². The fraction of sp³-hybridized carbons (Fsp3) is 0.350. The quantitative estimate of drug-likeness (QED) is 0.859. The molecule has 2 aromatic rings. The Morgan fingerprint density at radius 2 is 1.96 bits per heavy atom. The number of ether oxygens (including phenoxy) is 2. The monoisotopic (exact) mass is 325 g/mol. The molecule has 0 N–H and O–H groups in total. The molecular formula is C20H23NO3. The number of fused-ring (bicyclic) bond motifs is 1. The number of anilines is 1. The van der Waals surface area contributed by atoms with Crippen molar-refractivity contribution in [3.63, 3.8) is 0 Å². The highest BCUT2D eigenvalue weighted by atomic mass is 16.5. The van der Waals surface area contributed by atoms with Crippen molar-refractivity contribution in [2.75, 3.05) is 18.1 Å². The predicted molar refractivity (Wildman–Crippen MR) is 94.9 cm³/mol. The molecule has 1 aliphatic heterocycles. The lowest BCUT2D eigenvalue weighted by molar-refractivity contribution is -0.121. The van der Waals surface area contributed by atoms with E-state index in [2.05, 4.69) is 0 Å². The summed E-state index contributed by atoms with van der Waals surface area (Å²) in [5, 5.41) is 0. The first-order valence-corrected chi connectivity index (χ1v) is 8.14. The number of hydrogen-bond donors (Lipinski definition) is 0. The normalized spacial score (nSPS) is 15.4. The zero-order valence-electron chi connectivity index (χ0n) is 14.6. The molecule has 3 rings (SSSR count). The predicted octanol–water partition coefficient (Wildman–Crippen LogP) is 3.89. The van der Waals surface area contributed by atoms with Crippen LogP contribution < -0.4 is 14.4 Å². The Morgan fingerprint density at radius 3 is 2.75 bits per heavy atom. The van der Waals surface area contributed by atoms with Gasteiger partial charge in [-0.15, -0.1) is 0 Å². The fourth-order valence-corrected chi connectivity index (χ4v) is 2.87. The number of amides is 1. The summed E-state index contributed by atoms with van der Waals surface area (Å²) < 4.78 is 11.7. The van der Waals surface area contributed by atoms with Crippen molar-refractivity contribution in [2.45, 2.75) is 33.3 Å². The van der Waals surface area contributed by atoms with Gasteiger partial charge in [-0.1, -0.05) is 24.3 Å². The van der Waals surface area contributed by atoms with Gasteiger partial charge in [0.25, 0.3) is 5.91 Å². The topological polar surface area (TPSA) is 38.8 Å². The molecule has 24 heavy (non-hydrogen) atoms. The molecule has 0 saturated heterocycles. The van der Waals surface area contributed by atoms with Crippen LogP contribution >= 0.6 is 0 Å². The Bertz CT molecular complexity index is 767. The summed E-state index contributed by atoms with van der Waals surface area (Å²) in [6.07, 6.45) is 0. The first-order chi connectivity index (χ1) is 11.4. The van der Waals surface area contributed by atoms with Gasteiger partial charge in [-0.3, -0.25) is 4.79 Å². The lowest BCUT2D eigenvalue weighted by Crippen LogP contribution is -2.50. The largest absolute Gasteiger partial charge is 0.484 e. The maximum Gasteiger partial charge on any atom is 0.265 e. The number of carbonyl (C=O) groups is 1. The number of benzene rings is 2. The van der Waals surface area contributed by atoms with Crippen LogP contribution in [0.25, 0.3) is 0 Å². The molecule has 0 aromatic heterocycles. The Labute approximate surface area is 143 Å². The SMILES string of the molecule is Cc1ccc(C)c(OCC(=O)N2CC(C)(C)Oc3ccccc32)c1. The zero-order chi connectivity index (χ0) is 17.3. The Morgan fingerprint density at radius 1 is 1.21 bits per heavy atom. The van der Waals surface area contributed by atoms with Crippen molar-refractivity contribution < 1.29 is 14.3 Å². The molecule has 0 fully saturated rings. The van der Waals surface area contributed by atoms with Gasteiger partial charge >= 0.3 is 0 Å². The molecule has 1 aliphatic rings. The zero-order valence-corrected chi connectivity index (χ0v) is 14.6. The van der Waals surface area contributed by atoms with Crippen LogP contribution in [0.15, 0.2) is 42.5 Å². The fourth-order valence-electron chi connectivity index (χ4n) is 2.87. The van der Waals surface area contributed by atoms with Gasteiger partial charge in [-0.25, -0.2) is 0 Å². The summed E-state index contributed by atoms with van der Waals surface area (Å²) in [6.45, 7) is 8.46. The van der Waals surface area contributed by atoms with Crippen LogP contribution in [-0.4, -0.2) is 24.7 Å². The third kappa shape index (κ3) is 3.37. The molecule has 0 atom stereocenters. The number of rotatable bonds is 3. The van der Waals surface area contributed by atoms with E-state index in [1.807, 2.05) is 70.2 Å². The second-order valence-corrected chi connectivity index (χ2v) is 6.87. The Hall–Kier alpha value is -2.49. The third-order valence-corrected chi connectivity index (χ3v) is 4.08. The van der Waals surface area contributed by atoms with Crippen molar-refractivity contribution in [3.8, 4) is 11.5 Å². The van der Waals surface area contributed by atoms with Gasteiger partial charge in [-0.2, -0.15) is 0 Å². The van der Waals surface area contributed by atoms with E-state index in [1.54, 1.807) is 4.90 Å². The number of hydrogen-bond acceptors (Lipinski definition) is 3. The van der Waals surface area contributed by atoms with Gasteiger partial charge in [0.2, 0.25) is 0 Å². The van der Waals surface area contributed by atoms with Gasteiger partial charge in [0.05, 0.1) is 12.2 Å². The first kappa shape index (κ1) is 16.4. The van der Waals surface area contributed by atoms with Crippen LogP contribution in [0.4, 0.5) is 5.69 Å². The first-order valence-electron chi connectivity index (χ1n) is 8.14. The van der Waals surface area contributed by atoms with Crippen LogP contribution in [0.1, 0.15) is 25.0 Å². The summed E-state index contributed by atoms with van der Waals surface area (Å²) in [4.78, 5) is 14.5.